The van der Waals surface area contributed by atoms with Crippen LogP contribution in [-0.4, -0.2) is 68.1 Å². The number of morpholine rings is 1. The molecule has 2 heterocycles. The summed E-state index contributed by atoms with van der Waals surface area (Å²) in [6.45, 7) is 7.27. The van der Waals surface area contributed by atoms with E-state index in [9.17, 15) is 9.59 Å². The third-order valence-corrected chi connectivity index (χ3v) is 5.29. The molecule has 2 aliphatic heterocycles. The van der Waals surface area contributed by atoms with Gasteiger partial charge in [-0.15, -0.1) is 0 Å². The Labute approximate surface area is 155 Å². The molecule has 6 heteroatoms. The minimum Gasteiger partial charge on any atom is -0.497 e. The lowest BCUT2D eigenvalue weighted by molar-refractivity contribution is -0.140. The number of benzene rings is 1. The number of carbonyl (C=O) groups is 2. The maximum atomic E-state index is 13.2. The predicted octanol–water partition coefficient (Wildman–Crippen LogP) is 1.75. The first-order chi connectivity index (χ1) is 12.5. The molecule has 0 bridgehead atoms. The minimum absolute atomic E-state index is 0.0110. The van der Waals surface area contributed by atoms with Crippen molar-refractivity contribution in [3.63, 3.8) is 0 Å². The molecule has 0 aromatic heterocycles. The number of methoxy groups -OCH3 is 1. The Bertz CT molecular complexity index is 655. The van der Waals surface area contributed by atoms with Crippen molar-refractivity contribution in [1.29, 1.82) is 0 Å². The summed E-state index contributed by atoms with van der Waals surface area (Å²) in [6, 6.07) is 7.84. The van der Waals surface area contributed by atoms with Crippen molar-refractivity contribution in [3.8, 4) is 5.75 Å². The van der Waals surface area contributed by atoms with E-state index >= 15 is 0 Å². The van der Waals surface area contributed by atoms with Gasteiger partial charge in [0.25, 0.3) is 0 Å². The average molecular weight is 360 g/mol. The summed E-state index contributed by atoms with van der Waals surface area (Å²) in [5.41, 5.74) is 1.05. The van der Waals surface area contributed by atoms with Gasteiger partial charge in [-0.25, -0.2) is 0 Å². The van der Waals surface area contributed by atoms with Gasteiger partial charge in [0.2, 0.25) is 11.8 Å². The maximum absolute atomic E-state index is 13.2. The highest BCUT2D eigenvalue weighted by molar-refractivity contribution is 5.84. The van der Waals surface area contributed by atoms with Crippen LogP contribution in [0, 0.1) is 11.8 Å². The van der Waals surface area contributed by atoms with E-state index in [1.165, 1.54) is 0 Å². The van der Waals surface area contributed by atoms with Crippen molar-refractivity contribution in [2.75, 3.05) is 46.5 Å². The SMILES string of the molecule is COc1cccc([C@@H]2CN(C(=O)C(C)C)C[C@H]2C(=O)N2CCOCC2)c1. The van der Waals surface area contributed by atoms with Gasteiger partial charge in [0.15, 0.2) is 0 Å². The van der Waals surface area contributed by atoms with Crippen LogP contribution in [-0.2, 0) is 14.3 Å². The molecule has 0 spiro atoms. The number of hydrogen-bond donors (Lipinski definition) is 0. The van der Waals surface area contributed by atoms with Crippen LogP contribution in [0.2, 0.25) is 0 Å². The first-order valence-electron chi connectivity index (χ1n) is 9.30. The summed E-state index contributed by atoms with van der Waals surface area (Å²) in [5, 5.41) is 0. The van der Waals surface area contributed by atoms with Crippen LogP contribution in [0.1, 0.15) is 25.3 Å². The van der Waals surface area contributed by atoms with Gasteiger partial charge >= 0.3 is 0 Å². The number of ether oxygens (including phenoxy) is 2. The molecule has 3 rings (SSSR count). The summed E-state index contributed by atoms with van der Waals surface area (Å²) < 4.78 is 10.7. The molecule has 2 atom stereocenters. The molecule has 142 valence electrons. The zero-order valence-corrected chi connectivity index (χ0v) is 15.8. The Morgan fingerprint density at radius 1 is 1.15 bits per heavy atom. The highest BCUT2D eigenvalue weighted by atomic mass is 16.5. The third kappa shape index (κ3) is 3.85. The quantitative estimate of drug-likeness (QED) is 0.821. The molecule has 2 saturated heterocycles. The summed E-state index contributed by atoms with van der Waals surface area (Å²) >= 11 is 0. The number of amides is 2. The summed E-state index contributed by atoms with van der Waals surface area (Å²) in [4.78, 5) is 29.4. The Balaban J connectivity index is 1.86. The third-order valence-electron chi connectivity index (χ3n) is 5.29. The van der Waals surface area contributed by atoms with Gasteiger partial charge in [0.1, 0.15) is 5.75 Å². The molecular weight excluding hydrogens is 332 g/mol. The molecule has 1 aromatic carbocycles. The zero-order chi connectivity index (χ0) is 18.7. The fourth-order valence-electron chi connectivity index (χ4n) is 3.83. The number of likely N-dealkylation sites (tertiary alicyclic amines) is 1. The fourth-order valence-corrected chi connectivity index (χ4v) is 3.83. The largest absolute Gasteiger partial charge is 0.497 e. The predicted molar refractivity (Wildman–Crippen MR) is 98.0 cm³/mol. The molecular formula is C20H28N2O4. The van der Waals surface area contributed by atoms with E-state index in [1.807, 2.05) is 47.9 Å². The fraction of sp³-hybridized carbons (Fsp3) is 0.600. The van der Waals surface area contributed by atoms with Crippen LogP contribution < -0.4 is 4.74 Å². The van der Waals surface area contributed by atoms with Crippen molar-refractivity contribution >= 4 is 11.8 Å². The van der Waals surface area contributed by atoms with Crippen LogP contribution in [0.15, 0.2) is 24.3 Å². The zero-order valence-electron chi connectivity index (χ0n) is 15.8. The van der Waals surface area contributed by atoms with Gasteiger partial charge in [-0.3, -0.25) is 9.59 Å². The molecule has 26 heavy (non-hydrogen) atoms. The van der Waals surface area contributed by atoms with Gasteiger partial charge in [-0.2, -0.15) is 0 Å². The second-order valence-corrected chi connectivity index (χ2v) is 7.33. The average Bonchev–Trinajstić information content (AvgIpc) is 3.12. The standard InChI is InChI=1S/C20H28N2O4/c1-14(2)19(23)22-12-17(15-5-4-6-16(11-15)25-3)18(13-22)20(24)21-7-9-26-10-8-21/h4-6,11,14,17-18H,7-10,12-13H2,1-3H3/t17-,18+/m0/s1. The molecule has 0 unspecified atom stereocenters. The molecule has 0 saturated carbocycles. The van der Waals surface area contributed by atoms with E-state index in [4.69, 9.17) is 9.47 Å². The molecule has 1 aromatic rings. The van der Waals surface area contributed by atoms with E-state index in [0.717, 1.165) is 11.3 Å². The molecule has 2 aliphatic rings. The van der Waals surface area contributed by atoms with E-state index < -0.39 is 0 Å². The smallest absolute Gasteiger partial charge is 0.228 e. The van der Waals surface area contributed by atoms with Crippen LogP contribution in [0.25, 0.3) is 0 Å². The lowest BCUT2D eigenvalue weighted by Gasteiger charge is -2.31. The maximum Gasteiger partial charge on any atom is 0.228 e. The normalized spacial score (nSPS) is 23.4. The summed E-state index contributed by atoms with van der Waals surface area (Å²) in [7, 11) is 1.64. The van der Waals surface area contributed by atoms with Crippen LogP contribution in [0.4, 0.5) is 0 Å². The number of nitrogens with zero attached hydrogens (tertiary/aromatic N) is 2. The van der Waals surface area contributed by atoms with Gasteiger partial charge in [-0.1, -0.05) is 26.0 Å². The van der Waals surface area contributed by atoms with Gasteiger partial charge in [0, 0.05) is 38.0 Å². The van der Waals surface area contributed by atoms with Gasteiger partial charge in [-0.05, 0) is 17.7 Å². The Morgan fingerprint density at radius 3 is 2.54 bits per heavy atom. The van der Waals surface area contributed by atoms with E-state index in [-0.39, 0.29) is 29.6 Å². The molecule has 6 nitrogen and oxygen atoms in total. The lowest BCUT2D eigenvalue weighted by Crippen LogP contribution is -2.45. The van der Waals surface area contributed by atoms with E-state index in [2.05, 4.69) is 0 Å². The summed E-state index contributed by atoms with van der Waals surface area (Å²) in [6.07, 6.45) is 0. The van der Waals surface area contributed by atoms with Crippen LogP contribution >= 0.6 is 0 Å². The summed E-state index contributed by atoms with van der Waals surface area (Å²) in [5.74, 6) is 0.702. The molecule has 2 fully saturated rings. The highest BCUT2D eigenvalue weighted by Gasteiger charge is 2.42. The number of carbonyl (C=O) groups excluding carboxylic acids is 2. The molecule has 2 amide bonds. The van der Waals surface area contributed by atoms with Crippen LogP contribution in [0.5, 0.6) is 5.75 Å². The first kappa shape index (κ1) is 18.7. The molecule has 0 aliphatic carbocycles. The minimum atomic E-state index is -0.220. The van der Waals surface area contributed by atoms with Gasteiger partial charge in [0.05, 0.1) is 26.2 Å². The number of hydrogen-bond acceptors (Lipinski definition) is 4. The monoisotopic (exact) mass is 360 g/mol. The number of rotatable bonds is 4. The topological polar surface area (TPSA) is 59.1 Å². The Hall–Kier alpha value is -2.08. The first-order valence-corrected chi connectivity index (χ1v) is 9.30. The van der Waals surface area contributed by atoms with Gasteiger partial charge < -0.3 is 19.3 Å². The van der Waals surface area contributed by atoms with Crippen molar-refractivity contribution in [2.45, 2.75) is 19.8 Å². The van der Waals surface area contributed by atoms with Crippen molar-refractivity contribution in [1.82, 2.24) is 9.80 Å². The van der Waals surface area contributed by atoms with Crippen molar-refractivity contribution < 1.29 is 19.1 Å². The molecule has 0 radical (unpaired) electrons. The van der Waals surface area contributed by atoms with E-state index in [0.29, 0.717) is 39.4 Å². The van der Waals surface area contributed by atoms with E-state index in [1.54, 1.807) is 7.11 Å². The second-order valence-electron chi connectivity index (χ2n) is 7.33. The van der Waals surface area contributed by atoms with Crippen molar-refractivity contribution in [3.05, 3.63) is 29.8 Å². The second kappa shape index (κ2) is 8.08. The Morgan fingerprint density at radius 2 is 1.88 bits per heavy atom. The Kier molecular flexibility index (Phi) is 5.81. The van der Waals surface area contributed by atoms with Crippen molar-refractivity contribution in [2.24, 2.45) is 11.8 Å². The lowest BCUT2D eigenvalue weighted by atomic mass is 9.87. The highest BCUT2D eigenvalue weighted by Crippen LogP contribution is 2.36. The van der Waals surface area contributed by atoms with Crippen LogP contribution in [0.3, 0.4) is 0 Å². The molecule has 0 N–H and O–H groups in total.